The number of hydrogen-bond donors (Lipinski definition) is 0. The van der Waals surface area contributed by atoms with Crippen LogP contribution >= 0.6 is 0 Å². The third kappa shape index (κ3) is 1.88. The Hall–Kier alpha value is -1.51. The van der Waals surface area contributed by atoms with Crippen molar-refractivity contribution < 1.29 is 9.53 Å². The zero-order valence-corrected chi connectivity index (χ0v) is 11.8. The summed E-state index contributed by atoms with van der Waals surface area (Å²) in [4.78, 5) is 13.4. The van der Waals surface area contributed by atoms with Crippen molar-refractivity contribution in [1.82, 2.24) is 0 Å². The highest BCUT2D eigenvalue weighted by molar-refractivity contribution is 5.82. The summed E-state index contributed by atoms with van der Waals surface area (Å²) in [7, 11) is 3.71. The van der Waals surface area contributed by atoms with Gasteiger partial charge in [-0.1, -0.05) is 6.92 Å². The number of benzene rings is 1. The van der Waals surface area contributed by atoms with E-state index >= 15 is 0 Å². The fourth-order valence-corrected chi connectivity index (χ4v) is 2.88. The molecule has 18 heavy (non-hydrogen) atoms. The second-order valence-corrected chi connectivity index (χ2v) is 5.75. The molecule has 0 bridgehead atoms. The van der Waals surface area contributed by atoms with Crippen molar-refractivity contribution in [3.63, 3.8) is 0 Å². The van der Waals surface area contributed by atoms with Gasteiger partial charge in [-0.15, -0.1) is 0 Å². The summed E-state index contributed by atoms with van der Waals surface area (Å²) in [6, 6.07) is 3.95. The fourth-order valence-electron chi connectivity index (χ4n) is 2.88. The van der Waals surface area contributed by atoms with E-state index in [0.29, 0.717) is 17.2 Å². The first-order chi connectivity index (χ1) is 8.40. The van der Waals surface area contributed by atoms with Crippen LogP contribution in [0.5, 0.6) is 5.75 Å². The predicted molar refractivity (Wildman–Crippen MR) is 73.9 cm³/mol. The van der Waals surface area contributed by atoms with Gasteiger partial charge in [0, 0.05) is 24.3 Å². The fraction of sp³-hybridized carbons (Fsp3) is 0.533. The molecule has 0 amide bonds. The Morgan fingerprint density at radius 3 is 2.67 bits per heavy atom. The van der Waals surface area contributed by atoms with Crippen LogP contribution in [-0.2, 0) is 0 Å². The molecule has 0 radical (unpaired) electrons. The lowest BCUT2D eigenvalue weighted by Crippen LogP contribution is -2.45. The number of carbonyl (C=O) groups is 1. The Balaban J connectivity index is 2.62. The molecule has 1 heterocycles. The van der Waals surface area contributed by atoms with Crippen molar-refractivity contribution in [3.05, 3.63) is 23.3 Å². The minimum atomic E-state index is 0.125. The first-order valence-electron chi connectivity index (χ1n) is 6.31. The van der Waals surface area contributed by atoms with Gasteiger partial charge in [-0.3, -0.25) is 4.79 Å². The molecular formula is C15H21NO2. The van der Waals surface area contributed by atoms with Crippen LogP contribution in [-0.4, -0.2) is 26.0 Å². The maximum atomic E-state index is 11.1. The summed E-state index contributed by atoms with van der Waals surface area (Å²) in [5.74, 6) is 1.11. The van der Waals surface area contributed by atoms with Crippen LogP contribution in [0.25, 0.3) is 0 Å². The van der Waals surface area contributed by atoms with E-state index in [1.54, 1.807) is 7.11 Å². The largest absolute Gasteiger partial charge is 0.496 e. The van der Waals surface area contributed by atoms with Crippen molar-refractivity contribution in [2.75, 3.05) is 19.1 Å². The van der Waals surface area contributed by atoms with Gasteiger partial charge in [0.05, 0.1) is 12.7 Å². The second kappa shape index (κ2) is 4.30. The van der Waals surface area contributed by atoms with Crippen molar-refractivity contribution >= 4 is 12.0 Å². The number of fused-ring (bicyclic) bond motifs is 1. The Kier molecular flexibility index (Phi) is 3.09. The zero-order valence-electron chi connectivity index (χ0n) is 11.8. The molecule has 1 aliphatic heterocycles. The molecule has 0 aromatic heterocycles. The highest BCUT2D eigenvalue weighted by Gasteiger charge is 2.34. The Morgan fingerprint density at radius 1 is 1.44 bits per heavy atom. The normalized spacial score (nSPS) is 21.4. The molecule has 1 aromatic rings. The summed E-state index contributed by atoms with van der Waals surface area (Å²) in [6.45, 7) is 6.70. The van der Waals surface area contributed by atoms with Gasteiger partial charge in [0.2, 0.25) is 0 Å². The monoisotopic (exact) mass is 247 g/mol. The van der Waals surface area contributed by atoms with Crippen LogP contribution in [0.4, 0.5) is 5.69 Å². The van der Waals surface area contributed by atoms with Crippen molar-refractivity contribution in [3.8, 4) is 5.75 Å². The van der Waals surface area contributed by atoms with E-state index < -0.39 is 0 Å². The van der Waals surface area contributed by atoms with Crippen molar-refractivity contribution in [2.45, 2.75) is 38.6 Å². The molecule has 0 unspecified atom stereocenters. The molecule has 3 heteroatoms. The topological polar surface area (TPSA) is 29.5 Å². The molecule has 0 saturated heterocycles. The Bertz CT molecular complexity index is 480. The van der Waals surface area contributed by atoms with Crippen LogP contribution in [0.1, 0.15) is 49.0 Å². The molecule has 0 saturated carbocycles. The van der Waals surface area contributed by atoms with E-state index in [1.165, 1.54) is 11.3 Å². The smallest absolute Gasteiger partial charge is 0.153 e. The molecule has 0 fully saturated rings. The van der Waals surface area contributed by atoms with Crippen molar-refractivity contribution in [1.29, 1.82) is 0 Å². The van der Waals surface area contributed by atoms with Crippen LogP contribution in [0, 0.1) is 0 Å². The molecule has 3 nitrogen and oxygen atoms in total. The predicted octanol–water partition coefficient (Wildman–Crippen LogP) is 3.23. The molecule has 98 valence electrons. The molecule has 1 aliphatic rings. The highest BCUT2D eigenvalue weighted by Crippen LogP contribution is 2.44. The number of hydrogen-bond acceptors (Lipinski definition) is 3. The third-order valence-electron chi connectivity index (χ3n) is 4.11. The summed E-state index contributed by atoms with van der Waals surface area (Å²) in [6.07, 6.45) is 1.95. The molecule has 0 N–H and O–H groups in total. The van der Waals surface area contributed by atoms with Gasteiger partial charge >= 0.3 is 0 Å². The lowest BCUT2D eigenvalue weighted by Gasteiger charge is -2.45. The van der Waals surface area contributed by atoms with Gasteiger partial charge in [-0.25, -0.2) is 0 Å². The van der Waals surface area contributed by atoms with Gasteiger partial charge in [-0.05, 0) is 37.8 Å². The standard InChI is InChI=1S/C15H21NO2/c1-10-8-15(2,3)16(4)13-7-14(18-5)11(9-17)6-12(10)13/h6-7,9-10H,8H2,1-5H3/t10-/m1/s1. The van der Waals surface area contributed by atoms with Crippen LogP contribution < -0.4 is 9.64 Å². The van der Waals surface area contributed by atoms with Crippen LogP contribution in [0.2, 0.25) is 0 Å². The number of anilines is 1. The van der Waals surface area contributed by atoms with Crippen LogP contribution in [0.3, 0.4) is 0 Å². The Labute approximate surface area is 109 Å². The van der Waals surface area contributed by atoms with E-state index in [1.807, 2.05) is 12.1 Å². The number of rotatable bonds is 2. The van der Waals surface area contributed by atoms with E-state index in [2.05, 4.69) is 32.7 Å². The lowest BCUT2D eigenvalue weighted by atomic mass is 9.80. The van der Waals surface area contributed by atoms with Gasteiger partial charge in [0.25, 0.3) is 0 Å². The average Bonchev–Trinajstić information content (AvgIpc) is 2.34. The minimum Gasteiger partial charge on any atom is -0.496 e. The van der Waals surface area contributed by atoms with E-state index in [4.69, 9.17) is 4.74 Å². The maximum absolute atomic E-state index is 11.1. The first kappa shape index (κ1) is 12.9. The second-order valence-electron chi connectivity index (χ2n) is 5.75. The summed E-state index contributed by atoms with van der Waals surface area (Å²) in [5.41, 5.74) is 3.16. The number of ether oxygens (including phenoxy) is 1. The number of aldehydes is 1. The molecule has 0 spiro atoms. The van der Waals surface area contributed by atoms with Gasteiger partial charge in [0.1, 0.15) is 5.75 Å². The number of carbonyl (C=O) groups excluding carboxylic acids is 1. The third-order valence-corrected chi connectivity index (χ3v) is 4.11. The zero-order chi connectivity index (χ0) is 13.5. The van der Waals surface area contributed by atoms with Crippen LogP contribution in [0.15, 0.2) is 12.1 Å². The average molecular weight is 247 g/mol. The molecule has 1 aromatic carbocycles. The highest BCUT2D eigenvalue weighted by atomic mass is 16.5. The number of methoxy groups -OCH3 is 1. The van der Waals surface area contributed by atoms with E-state index in [0.717, 1.165) is 12.7 Å². The lowest BCUT2D eigenvalue weighted by molar-refractivity contribution is 0.112. The van der Waals surface area contributed by atoms with E-state index in [-0.39, 0.29) is 5.54 Å². The Morgan fingerprint density at radius 2 is 2.11 bits per heavy atom. The van der Waals surface area contributed by atoms with Gasteiger partial charge in [0.15, 0.2) is 6.29 Å². The minimum absolute atomic E-state index is 0.125. The molecule has 0 aliphatic carbocycles. The molecule has 2 rings (SSSR count). The summed E-state index contributed by atoms with van der Waals surface area (Å²) < 4.78 is 5.30. The van der Waals surface area contributed by atoms with Crippen molar-refractivity contribution in [2.24, 2.45) is 0 Å². The first-order valence-corrected chi connectivity index (χ1v) is 6.31. The van der Waals surface area contributed by atoms with E-state index in [9.17, 15) is 4.79 Å². The maximum Gasteiger partial charge on any atom is 0.153 e. The SMILES string of the molecule is COc1cc2c(cc1C=O)[C@H](C)CC(C)(C)N2C. The molecule has 1 atom stereocenters. The number of nitrogens with zero attached hydrogens (tertiary/aromatic N) is 1. The molecular weight excluding hydrogens is 226 g/mol. The van der Waals surface area contributed by atoms with Gasteiger partial charge < -0.3 is 9.64 Å². The summed E-state index contributed by atoms with van der Waals surface area (Å²) >= 11 is 0. The quantitative estimate of drug-likeness (QED) is 0.751. The van der Waals surface area contributed by atoms with Gasteiger partial charge in [-0.2, -0.15) is 0 Å². The summed E-state index contributed by atoms with van der Waals surface area (Å²) in [5, 5.41) is 0.